The van der Waals surface area contributed by atoms with E-state index in [9.17, 15) is 4.79 Å². The summed E-state index contributed by atoms with van der Waals surface area (Å²) >= 11 is 7.76. The van der Waals surface area contributed by atoms with Gasteiger partial charge in [0.25, 0.3) is 0 Å². The molecule has 0 spiro atoms. The predicted molar refractivity (Wildman–Crippen MR) is 98.5 cm³/mol. The number of carbonyl (C=O) groups excluding carboxylic acids is 1. The van der Waals surface area contributed by atoms with Crippen molar-refractivity contribution in [2.24, 2.45) is 11.8 Å². The second kappa shape index (κ2) is 9.66. The van der Waals surface area contributed by atoms with E-state index in [2.05, 4.69) is 17.6 Å². The van der Waals surface area contributed by atoms with Crippen LogP contribution in [0, 0.1) is 11.8 Å². The van der Waals surface area contributed by atoms with Crippen molar-refractivity contribution in [3.63, 3.8) is 0 Å². The zero-order chi connectivity index (χ0) is 15.2. The van der Waals surface area contributed by atoms with Crippen molar-refractivity contribution in [2.75, 3.05) is 24.7 Å². The van der Waals surface area contributed by atoms with Crippen LogP contribution in [0.3, 0.4) is 0 Å². The van der Waals surface area contributed by atoms with Crippen molar-refractivity contribution in [1.82, 2.24) is 5.32 Å². The Morgan fingerprint density at radius 3 is 2.91 bits per heavy atom. The summed E-state index contributed by atoms with van der Waals surface area (Å²) < 4.78 is 0. The summed E-state index contributed by atoms with van der Waals surface area (Å²) in [7, 11) is 0. The second-order valence-corrected chi connectivity index (χ2v) is 6.94. The van der Waals surface area contributed by atoms with Gasteiger partial charge in [-0.05, 0) is 62.2 Å². The molecule has 1 fully saturated rings. The van der Waals surface area contributed by atoms with Gasteiger partial charge in [0.1, 0.15) is 0 Å². The Morgan fingerprint density at radius 2 is 2.32 bits per heavy atom. The molecule has 124 valence electrons. The van der Waals surface area contributed by atoms with Gasteiger partial charge < -0.3 is 10.6 Å². The number of nitrogens with one attached hydrogen (secondary N) is 2. The molecule has 3 nitrogen and oxygen atoms in total. The van der Waals surface area contributed by atoms with Crippen molar-refractivity contribution in [2.45, 2.75) is 31.1 Å². The summed E-state index contributed by atoms with van der Waals surface area (Å²) in [5, 5.41) is 7.04. The highest BCUT2D eigenvalue weighted by Gasteiger charge is 2.22. The molecule has 0 saturated carbocycles. The molecule has 0 aliphatic carbocycles. The third kappa shape index (κ3) is 5.65. The molecule has 2 atom stereocenters. The van der Waals surface area contributed by atoms with Crippen LogP contribution in [0.15, 0.2) is 23.1 Å². The van der Waals surface area contributed by atoms with Gasteiger partial charge in [-0.2, -0.15) is 0 Å². The van der Waals surface area contributed by atoms with Crippen molar-refractivity contribution in [1.29, 1.82) is 0 Å². The number of rotatable bonds is 5. The fraction of sp³-hybridized carbons (Fsp3) is 0.562. The van der Waals surface area contributed by atoms with E-state index in [0.29, 0.717) is 23.3 Å². The average molecular weight is 363 g/mol. The second-order valence-electron chi connectivity index (χ2n) is 5.69. The van der Waals surface area contributed by atoms with Gasteiger partial charge in [0.2, 0.25) is 5.91 Å². The highest BCUT2D eigenvalue weighted by atomic mass is 35.5. The molecule has 1 saturated heterocycles. The van der Waals surface area contributed by atoms with E-state index in [4.69, 9.17) is 11.6 Å². The summed E-state index contributed by atoms with van der Waals surface area (Å²) in [4.78, 5) is 13.2. The number of hydrogen-bond donors (Lipinski definition) is 2. The Labute approximate surface area is 148 Å². The maximum atomic E-state index is 12.2. The van der Waals surface area contributed by atoms with Crippen LogP contribution in [-0.2, 0) is 4.79 Å². The molecule has 1 amide bonds. The number of carbonyl (C=O) groups is 1. The van der Waals surface area contributed by atoms with E-state index in [0.717, 1.165) is 23.7 Å². The maximum Gasteiger partial charge on any atom is 0.224 e. The van der Waals surface area contributed by atoms with Crippen molar-refractivity contribution in [3.8, 4) is 0 Å². The monoisotopic (exact) mass is 362 g/mol. The van der Waals surface area contributed by atoms with Crippen LogP contribution in [0.4, 0.5) is 5.69 Å². The fourth-order valence-electron chi connectivity index (χ4n) is 2.78. The molecular weight excluding hydrogens is 339 g/mol. The number of anilines is 1. The summed E-state index contributed by atoms with van der Waals surface area (Å²) in [6.07, 6.45) is 4.98. The lowest BCUT2D eigenvalue weighted by Gasteiger charge is -2.28. The van der Waals surface area contributed by atoms with Crippen LogP contribution < -0.4 is 10.6 Å². The van der Waals surface area contributed by atoms with E-state index in [1.807, 2.05) is 24.5 Å². The Hall–Kier alpha value is -0.420. The molecular formula is C16H24Cl2N2OS. The molecule has 2 unspecified atom stereocenters. The highest BCUT2D eigenvalue weighted by molar-refractivity contribution is 7.98. The molecule has 1 aliphatic rings. The van der Waals surface area contributed by atoms with Crippen LogP contribution in [-0.4, -0.2) is 25.3 Å². The van der Waals surface area contributed by atoms with Crippen molar-refractivity contribution in [3.05, 3.63) is 23.2 Å². The van der Waals surface area contributed by atoms with E-state index >= 15 is 0 Å². The molecule has 1 aromatic carbocycles. The number of hydrogen-bond acceptors (Lipinski definition) is 3. The fourth-order valence-corrected chi connectivity index (χ4v) is 3.65. The number of halogens is 2. The van der Waals surface area contributed by atoms with Crippen LogP contribution in [0.25, 0.3) is 0 Å². The Morgan fingerprint density at radius 1 is 1.55 bits per heavy atom. The Balaban J connectivity index is 0.00000242. The van der Waals surface area contributed by atoms with Crippen LogP contribution in [0.1, 0.15) is 26.2 Å². The summed E-state index contributed by atoms with van der Waals surface area (Å²) in [6.45, 7) is 4.31. The van der Waals surface area contributed by atoms with Gasteiger partial charge in [-0.3, -0.25) is 4.79 Å². The van der Waals surface area contributed by atoms with E-state index in [1.54, 1.807) is 11.8 Å². The Kier molecular flexibility index (Phi) is 8.62. The third-order valence-electron chi connectivity index (χ3n) is 4.08. The summed E-state index contributed by atoms with van der Waals surface area (Å²) in [6, 6.07) is 5.66. The smallest absolute Gasteiger partial charge is 0.224 e. The molecule has 0 aromatic heterocycles. The van der Waals surface area contributed by atoms with Crippen molar-refractivity contribution < 1.29 is 4.79 Å². The predicted octanol–water partition coefficient (Wildman–Crippen LogP) is 4.45. The molecule has 1 aliphatic heterocycles. The van der Waals surface area contributed by atoms with Gasteiger partial charge in [0.05, 0.1) is 5.02 Å². The van der Waals surface area contributed by atoms with Gasteiger partial charge in [0, 0.05) is 17.0 Å². The van der Waals surface area contributed by atoms with Gasteiger partial charge in [0.15, 0.2) is 0 Å². The molecule has 22 heavy (non-hydrogen) atoms. The third-order valence-corrected chi connectivity index (χ3v) is 5.30. The normalized spacial score (nSPS) is 19.1. The SMILES string of the molecule is CSc1ccc(NC(=O)CC(C)C2CCCNC2)cc1Cl.Cl. The van der Waals surface area contributed by atoms with Crippen LogP contribution in [0.5, 0.6) is 0 Å². The lowest BCUT2D eigenvalue weighted by Crippen LogP contribution is -2.34. The summed E-state index contributed by atoms with van der Waals surface area (Å²) in [5.74, 6) is 1.08. The lowest BCUT2D eigenvalue weighted by molar-refractivity contribution is -0.117. The molecule has 2 rings (SSSR count). The van der Waals surface area contributed by atoms with E-state index in [-0.39, 0.29) is 18.3 Å². The first-order valence-electron chi connectivity index (χ1n) is 7.44. The lowest BCUT2D eigenvalue weighted by atomic mass is 9.85. The van der Waals surface area contributed by atoms with Gasteiger partial charge in [-0.1, -0.05) is 18.5 Å². The zero-order valence-corrected chi connectivity index (χ0v) is 15.4. The minimum absolute atomic E-state index is 0. The first-order valence-corrected chi connectivity index (χ1v) is 9.04. The largest absolute Gasteiger partial charge is 0.326 e. The van der Waals surface area contributed by atoms with Gasteiger partial charge >= 0.3 is 0 Å². The number of piperidine rings is 1. The van der Waals surface area contributed by atoms with Gasteiger partial charge in [-0.15, -0.1) is 24.2 Å². The quantitative estimate of drug-likeness (QED) is 0.760. The van der Waals surface area contributed by atoms with Crippen molar-refractivity contribution >= 4 is 47.4 Å². The molecule has 1 heterocycles. The van der Waals surface area contributed by atoms with Gasteiger partial charge in [-0.25, -0.2) is 0 Å². The van der Waals surface area contributed by atoms with Crippen LogP contribution in [0.2, 0.25) is 5.02 Å². The van der Waals surface area contributed by atoms with E-state index < -0.39 is 0 Å². The number of amides is 1. The molecule has 0 radical (unpaired) electrons. The highest BCUT2D eigenvalue weighted by Crippen LogP contribution is 2.28. The topological polar surface area (TPSA) is 41.1 Å². The Bertz CT molecular complexity index is 493. The van der Waals surface area contributed by atoms with E-state index in [1.165, 1.54) is 12.8 Å². The van der Waals surface area contributed by atoms with Crippen LogP contribution >= 0.6 is 35.8 Å². The maximum absolute atomic E-state index is 12.2. The molecule has 0 bridgehead atoms. The standard InChI is InChI=1S/C16H23ClN2OS.ClH/c1-11(12-4-3-7-18-10-12)8-16(20)19-13-5-6-15(21-2)14(17)9-13;/h5-6,9,11-12,18H,3-4,7-8,10H2,1-2H3,(H,19,20);1H. The first-order chi connectivity index (χ1) is 10.1. The first kappa shape index (κ1) is 19.6. The number of thioether (sulfide) groups is 1. The minimum Gasteiger partial charge on any atom is -0.326 e. The molecule has 6 heteroatoms. The molecule has 1 aromatic rings. The zero-order valence-electron chi connectivity index (χ0n) is 13.0. The number of benzene rings is 1. The summed E-state index contributed by atoms with van der Waals surface area (Å²) in [5.41, 5.74) is 0.775. The minimum atomic E-state index is 0. The average Bonchev–Trinajstić information content (AvgIpc) is 2.48. The molecule has 2 N–H and O–H groups in total.